The molecule has 0 aliphatic heterocycles. The van der Waals surface area contributed by atoms with Gasteiger partial charge in [0.25, 0.3) is 0 Å². The minimum Gasteiger partial charge on any atom is -0.324 e. The fraction of sp³-hybridized carbons (Fsp3) is 0.429. The number of aromatic nitrogens is 3. The van der Waals surface area contributed by atoms with Gasteiger partial charge < -0.3 is 5.73 Å². The molecule has 108 valence electrons. The molecular weight excluding hydrogens is 279 g/mol. The molecule has 0 fully saturated rings. The largest absolute Gasteiger partial charge is 0.324 e. The van der Waals surface area contributed by atoms with Crippen LogP contribution in [-0.2, 0) is 13.0 Å². The van der Waals surface area contributed by atoms with Crippen molar-refractivity contribution in [2.75, 3.05) is 0 Å². The lowest BCUT2D eigenvalue weighted by Gasteiger charge is -2.14. The molecule has 0 saturated carbocycles. The van der Waals surface area contributed by atoms with E-state index in [1.807, 2.05) is 4.68 Å². The van der Waals surface area contributed by atoms with Gasteiger partial charge in [-0.3, -0.25) is 0 Å². The Morgan fingerprint density at radius 3 is 2.80 bits per heavy atom. The van der Waals surface area contributed by atoms with Gasteiger partial charge in [-0.2, -0.15) is 5.10 Å². The molecule has 0 radical (unpaired) electrons. The first kappa shape index (κ1) is 14.9. The van der Waals surface area contributed by atoms with Crippen molar-refractivity contribution in [3.8, 4) is 0 Å². The lowest BCUT2D eigenvalue weighted by atomic mass is 10.0. The van der Waals surface area contributed by atoms with Crippen molar-refractivity contribution in [1.82, 2.24) is 14.8 Å². The third kappa shape index (κ3) is 3.55. The molecule has 2 rings (SSSR count). The monoisotopic (exact) mass is 296 g/mol. The molecule has 0 bridgehead atoms. The van der Waals surface area contributed by atoms with Gasteiger partial charge in [0.05, 0.1) is 5.02 Å². The first-order valence-corrected chi connectivity index (χ1v) is 6.92. The van der Waals surface area contributed by atoms with E-state index < -0.39 is 5.82 Å². The molecule has 2 N–H and O–H groups in total. The summed E-state index contributed by atoms with van der Waals surface area (Å²) in [6, 6.07) is 4.29. The number of benzene rings is 1. The summed E-state index contributed by atoms with van der Waals surface area (Å²) in [5, 5.41) is 4.29. The second-order valence-electron chi connectivity index (χ2n) is 5.24. The van der Waals surface area contributed by atoms with E-state index in [4.69, 9.17) is 17.3 Å². The zero-order valence-electron chi connectivity index (χ0n) is 11.6. The lowest BCUT2D eigenvalue weighted by molar-refractivity contribution is 0.459. The normalized spacial score (nSPS) is 12.9. The SMILES string of the molecule is CC(C)Cn1ncnc1CC(N)c1ccc(Cl)c(F)c1. The van der Waals surface area contributed by atoms with Crippen LogP contribution in [0.2, 0.25) is 5.02 Å². The van der Waals surface area contributed by atoms with E-state index in [1.165, 1.54) is 18.5 Å². The van der Waals surface area contributed by atoms with Gasteiger partial charge in [-0.25, -0.2) is 14.1 Å². The van der Waals surface area contributed by atoms with E-state index in [2.05, 4.69) is 23.9 Å². The number of rotatable bonds is 5. The van der Waals surface area contributed by atoms with Gasteiger partial charge in [-0.1, -0.05) is 31.5 Å². The van der Waals surface area contributed by atoms with Crippen LogP contribution in [0, 0.1) is 11.7 Å². The van der Waals surface area contributed by atoms with Crippen LogP contribution in [0.4, 0.5) is 4.39 Å². The predicted octanol–water partition coefficient (Wildman–Crippen LogP) is 2.97. The molecule has 20 heavy (non-hydrogen) atoms. The average Bonchev–Trinajstić information content (AvgIpc) is 2.79. The van der Waals surface area contributed by atoms with E-state index in [1.54, 1.807) is 6.07 Å². The van der Waals surface area contributed by atoms with Crippen molar-refractivity contribution in [3.05, 3.63) is 46.8 Å². The van der Waals surface area contributed by atoms with E-state index in [-0.39, 0.29) is 11.1 Å². The topological polar surface area (TPSA) is 56.7 Å². The molecule has 1 unspecified atom stereocenters. The Morgan fingerprint density at radius 2 is 2.15 bits per heavy atom. The van der Waals surface area contributed by atoms with Gasteiger partial charge in [0.15, 0.2) is 0 Å². The summed E-state index contributed by atoms with van der Waals surface area (Å²) in [5.74, 6) is 0.824. The van der Waals surface area contributed by atoms with E-state index in [9.17, 15) is 4.39 Å². The number of hydrogen-bond acceptors (Lipinski definition) is 3. The van der Waals surface area contributed by atoms with Gasteiger partial charge in [-0.15, -0.1) is 0 Å². The van der Waals surface area contributed by atoms with Crippen molar-refractivity contribution >= 4 is 11.6 Å². The van der Waals surface area contributed by atoms with Crippen LogP contribution in [0.5, 0.6) is 0 Å². The third-order valence-corrected chi connectivity index (χ3v) is 3.31. The van der Waals surface area contributed by atoms with Gasteiger partial charge in [0.2, 0.25) is 0 Å². The summed E-state index contributed by atoms with van der Waals surface area (Å²) in [6.45, 7) is 5.01. The molecule has 0 spiro atoms. The first-order valence-electron chi connectivity index (χ1n) is 6.54. The minimum absolute atomic E-state index is 0.101. The lowest BCUT2D eigenvalue weighted by Crippen LogP contribution is -2.18. The fourth-order valence-corrected chi connectivity index (χ4v) is 2.12. The highest BCUT2D eigenvalue weighted by Gasteiger charge is 2.14. The number of halogens is 2. The molecule has 0 amide bonds. The quantitative estimate of drug-likeness (QED) is 0.923. The van der Waals surface area contributed by atoms with Crippen molar-refractivity contribution in [3.63, 3.8) is 0 Å². The molecule has 0 aliphatic rings. The Hall–Kier alpha value is -1.46. The Balaban J connectivity index is 2.13. The van der Waals surface area contributed by atoms with Crippen molar-refractivity contribution in [2.45, 2.75) is 32.9 Å². The third-order valence-electron chi connectivity index (χ3n) is 3.01. The second kappa shape index (κ2) is 6.33. The number of nitrogens with zero attached hydrogens (tertiary/aromatic N) is 3. The van der Waals surface area contributed by atoms with Crippen molar-refractivity contribution in [1.29, 1.82) is 0 Å². The highest BCUT2D eigenvalue weighted by atomic mass is 35.5. The predicted molar refractivity (Wildman–Crippen MR) is 76.9 cm³/mol. The van der Waals surface area contributed by atoms with Crippen LogP contribution in [0.3, 0.4) is 0 Å². The summed E-state index contributed by atoms with van der Waals surface area (Å²) in [7, 11) is 0. The Morgan fingerprint density at radius 1 is 1.40 bits per heavy atom. The first-order chi connectivity index (χ1) is 9.47. The molecule has 2 aromatic rings. The molecule has 1 aromatic carbocycles. The van der Waals surface area contributed by atoms with E-state index in [0.717, 1.165) is 12.4 Å². The minimum atomic E-state index is -0.455. The number of hydrogen-bond donors (Lipinski definition) is 1. The van der Waals surface area contributed by atoms with Crippen LogP contribution in [-0.4, -0.2) is 14.8 Å². The summed E-state index contributed by atoms with van der Waals surface area (Å²) >= 11 is 5.67. The molecular formula is C14H18ClFN4. The highest BCUT2D eigenvalue weighted by Crippen LogP contribution is 2.21. The van der Waals surface area contributed by atoms with Crippen LogP contribution in [0.1, 0.15) is 31.3 Å². The summed E-state index contributed by atoms with van der Waals surface area (Å²) in [5.41, 5.74) is 6.81. The van der Waals surface area contributed by atoms with Crippen LogP contribution >= 0.6 is 11.6 Å². The summed E-state index contributed by atoms with van der Waals surface area (Å²) in [6.07, 6.45) is 2.03. The fourth-order valence-electron chi connectivity index (χ4n) is 2.00. The Kier molecular flexibility index (Phi) is 4.73. The smallest absolute Gasteiger partial charge is 0.142 e. The maximum Gasteiger partial charge on any atom is 0.142 e. The van der Waals surface area contributed by atoms with Crippen molar-refractivity contribution in [2.24, 2.45) is 11.7 Å². The summed E-state index contributed by atoms with van der Waals surface area (Å²) < 4.78 is 15.3. The maximum absolute atomic E-state index is 13.4. The van der Waals surface area contributed by atoms with Crippen LogP contribution in [0.25, 0.3) is 0 Å². The van der Waals surface area contributed by atoms with Gasteiger partial charge >= 0.3 is 0 Å². The molecule has 0 saturated heterocycles. The van der Waals surface area contributed by atoms with E-state index >= 15 is 0 Å². The van der Waals surface area contributed by atoms with Crippen LogP contribution < -0.4 is 5.73 Å². The van der Waals surface area contributed by atoms with Gasteiger partial charge in [0.1, 0.15) is 18.0 Å². The zero-order chi connectivity index (χ0) is 14.7. The molecule has 1 atom stereocenters. The molecule has 6 heteroatoms. The maximum atomic E-state index is 13.4. The standard InChI is InChI=1S/C14H18ClFN4/c1-9(2)7-20-14(18-8-19-20)6-13(17)10-3-4-11(15)12(16)5-10/h3-5,8-9,13H,6-7,17H2,1-2H3. The van der Waals surface area contributed by atoms with Crippen LogP contribution in [0.15, 0.2) is 24.5 Å². The average molecular weight is 297 g/mol. The Bertz CT molecular complexity index is 582. The summed E-state index contributed by atoms with van der Waals surface area (Å²) in [4.78, 5) is 4.23. The van der Waals surface area contributed by atoms with Gasteiger partial charge in [-0.05, 0) is 23.6 Å². The molecule has 0 aliphatic carbocycles. The highest BCUT2D eigenvalue weighted by molar-refractivity contribution is 6.30. The molecule has 1 heterocycles. The Labute approximate surface area is 122 Å². The van der Waals surface area contributed by atoms with Crippen molar-refractivity contribution < 1.29 is 4.39 Å². The second-order valence-corrected chi connectivity index (χ2v) is 5.64. The van der Waals surface area contributed by atoms with Gasteiger partial charge in [0, 0.05) is 19.0 Å². The number of nitrogens with two attached hydrogens (primary N) is 1. The zero-order valence-corrected chi connectivity index (χ0v) is 12.3. The van der Waals surface area contributed by atoms with E-state index in [0.29, 0.717) is 17.9 Å². The molecule has 1 aromatic heterocycles. The molecule has 4 nitrogen and oxygen atoms in total.